The lowest BCUT2D eigenvalue weighted by Gasteiger charge is -2.08. The van der Waals surface area contributed by atoms with Crippen molar-refractivity contribution in [2.75, 3.05) is 11.9 Å². The summed E-state index contributed by atoms with van der Waals surface area (Å²) >= 11 is 1.24. The number of rotatable bonds is 6. The first-order valence-electron chi connectivity index (χ1n) is 8.79. The first kappa shape index (κ1) is 19.7. The number of hydrogen-bond acceptors (Lipinski definition) is 4. The number of aryl methyl sites for hydroxylation is 1. The van der Waals surface area contributed by atoms with Crippen molar-refractivity contribution in [1.82, 2.24) is 0 Å². The van der Waals surface area contributed by atoms with E-state index in [0.29, 0.717) is 16.1 Å². The number of amides is 1. The van der Waals surface area contributed by atoms with Crippen LogP contribution in [0, 0.1) is 12.7 Å². The quantitative estimate of drug-likeness (QED) is 0.504. The summed E-state index contributed by atoms with van der Waals surface area (Å²) in [7, 11) is 0. The number of esters is 1. The van der Waals surface area contributed by atoms with Crippen LogP contribution in [0.2, 0.25) is 0 Å². The van der Waals surface area contributed by atoms with Crippen LogP contribution in [0.15, 0.2) is 54.0 Å². The number of hydrogen-bond donors (Lipinski definition) is 1. The van der Waals surface area contributed by atoms with Crippen molar-refractivity contribution < 1.29 is 23.3 Å². The molecule has 2 aromatic heterocycles. The zero-order chi connectivity index (χ0) is 20.1. The highest BCUT2D eigenvalue weighted by Crippen LogP contribution is 2.36. The van der Waals surface area contributed by atoms with Gasteiger partial charge in [-0.3, -0.25) is 4.79 Å². The van der Waals surface area contributed by atoms with Crippen LogP contribution in [-0.4, -0.2) is 18.5 Å². The molecule has 1 N–H and O–H groups in total. The van der Waals surface area contributed by atoms with Crippen LogP contribution in [-0.2, 0) is 16.1 Å². The summed E-state index contributed by atoms with van der Waals surface area (Å²) in [5.74, 6) is -1.14. The van der Waals surface area contributed by atoms with E-state index < -0.39 is 5.97 Å². The van der Waals surface area contributed by atoms with Gasteiger partial charge >= 0.3 is 5.97 Å². The van der Waals surface area contributed by atoms with Crippen LogP contribution in [0.4, 0.5) is 9.39 Å². The van der Waals surface area contributed by atoms with E-state index in [0.717, 1.165) is 5.69 Å². The highest BCUT2D eigenvalue weighted by Gasteiger charge is 2.24. The predicted octanol–water partition coefficient (Wildman–Crippen LogP) is 3.97. The Labute approximate surface area is 166 Å². The average Bonchev–Trinajstić information content (AvgIpc) is 3.08. The Bertz CT molecular complexity index is 999. The van der Waals surface area contributed by atoms with Gasteiger partial charge in [-0.2, -0.15) is 4.57 Å². The maximum absolute atomic E-state index is 13.3. The SMILES string of the molecule is CCOC(=O)c1c(-c2ccc(F)cc2)csc1NC(=O)C[n+]1ccccc1C. The Balaban J connectivity index is 1.90. The summed E-state index contributed by atoms with van der Waals surface area (Å²) in [5.41, 5.74) is 2.50. The van der Waals surface area contributed by atoms with Crippen molar-refractivity contribution in [3.05, 3.63) is 71.1 Å². The minimum Gasteiger partial charge on any atom is -0.462 e. The normalized spacial score (nSPS) is 10.5. The highest BCUT2D eigenvalue weighted by atomic mass is 32.1. The van der Waals surface area contributed by atoms with Crippen molar-refractivity contribution in [2.45, 2.75) is 20.4 Å². The number of thiophene rings is 1. The maximum atomic E-state index is 13.3. The van der Waals surface area contributed by atoms with E-state index in [2.05, 4.69) is 5.32 Å². The van der Waals surface area contributed by atoms with Gasteiger partial charge in [-0.25, -0.2) is 9.18 Å². The number of pyridine rings is 1. The van der Waals surface area contributed by atoms with E-state index in [9.17, 15) is 14.0 Å². The smallest absolute Gasteiger partial charge is 0.341 e. The molecule has 3 rings (SSSR count). The summed E-state index contributed by atoms with van der Waals surface area (Å²) in [5, 5.41) is 4.98. The summed E-state index contributed by atoms with van der Waals surface area (Å²) in [6, 6.07) is 11.5. The number of nitrogens with zero attached hydrogens (tertiary/aromatic N) is 1. The molecule has 0 fully saturated rings. The van der Waals surface area contributed by atoms with Crippen LogP contribution in [0.25, 0.3) is 11.1 Å². The van der Waals surface area contributed by atoms with Gasteiger partial charge in [0.05, 0.1) is 6.61 Å². The van der Waals surface area contributed by atoms with Gasteiger partial charge in [0.25, 0.3) is 5.91 Å². The third-order valence-electron chi connectivity index (χ3n) is 4.16. The molecule has 1 aromatic carbocycles. The molecule has 0 spiro atoms. The van der Waals surface area contributed by atoms with Crippen molar-refractivity contribution in [3.63, 3.8) is 0 Å². The molecule has 28 heavy (non-hydrogen) atoms. The summed E-state index contributed by atoms with van der Waals surface area (Å²) < 4.78 is 20.2. The molecule has 0 aliphatic heterocycles. The first-order valence-corrected chi connectivity index (χ1v) is 9.67. The lowest BCUT2D eigenvalue weighted by molar-refractivity contribution is -0.690. The predicted molar refractivity (Wildman–Crippen MR) is 106 cm³/mol. The van der Waals surface area contributed by atoms with E-state index in [1.54, 1.807) is 24.4 Å². The molecule has 0 bridgehead atoms. The molecule has 1 amide bonds. The Morgan fingerprint density at radius 1 is 1.18 bits per heavy atom. The Hall–Kier alpha value is -3.06. The van der Waals surface area contributed by atoms with E-state index >= 15 is 0 Å². The van der Waals surface area contributed by atoms with Gasteiger partial charge < -0.3 is 10.1 Å². The number of carbonyl (C=O) groups is 2. The van der Waals surface area contributed by atoms with Gasteiger partial charge in [0.2, 0.25) is 6.54 Å². The third kappa shape index (κ3) is 4.43. The van der Waals surface area contributed by atoms with Crippen molar-refractivity contribution >= 4 is 28.2 Å². The molecule has 144 valence electrons. The number of anilines is 1. The molecule has 0 saturated carbocycles. The van der Waals surface area contributed by atoms with Crippen molar-refractivity contribution in [2.24, 2.45) is 0 Å². The zero-order valence-electron chi connectivity index (χ0n) is 15.6. The molecular formula is C21H20FN2O3S+. The van der Waals surface area contributed by atoms with Gasteiger partial charge in [0.15, 0.2) is 11.9 Å². The van der Waals surface area contributed by atoms with Crippen molar-refractivity contribution in [3.8, 4) is 11.1 Å². The highest BCUT2D eigenvalue weighted by molar-refractivity contribution is 7.15. The van der Waals surface area contributed by atoms with Crippen molar-refractivity contribution in [1.29, 1.82) is 0 Å². The molecule has 0 aliphatic carbocycles. The number of carbonyl (C=O) groups excluding carboxylic acids is 2. The second-order valence-corrected chi connectivity index (χ2v) is 6.98. The van der Waals surface area contributed by atoms with Gasteiger partial charge in [-0.1, -0.05) is 18.2 Å². The number of halogens is 1. The molecule has 0 unspecified atom stereocenters. The summed E-state index contributed by atoms with van der Waals surface area (Å²) in [4.78, 5) is 25.1. The number of ether oxygens (including phenoxy) is 1. The molecule has 2 heterocycles. The lowest BCUT2D eigenvalue weighted by atomic mass is 10.0. The molecular weight excluding hydrogens is 379 g/mol. The van der Waals surface area contributed by atoms with Gasteiger partial charge in [-0.05, 0) is 24.6 Å². The van der Waals surface area contributed by atoms with Gasteiger partial charge in [-0.15, -0.1) is 11.3 Å². The zero-order valence-corrected chi connectivity index (χ0v) is 16.4. The van der Waals surface area contributed by atoms with E-state index in [1.807, 2.05) is 35.9 Å². The third-order valence-corrected chi connectivity index (χ3v) is 5.06. The molecule has 3 aromatic rings. The van der Waals surface area contributed by atoms with Crippen LogP contribution in [0.3, 0.4) is 0 Å². The molecule has 0 aliphatic rings. The number of benzene rings is 1. The monoisotopic (exact) mass is 399 g/mol. The maximum Gasteiger partial charge on any atom is 0.341 e. The fourth-order valence-electron chi connectivity index (χ4n) is 2.76. The van der Waals surface area contributed by atoms with Crippen LogP contribution in [0.5, 0.6) is 0 Å². The Morgan fingerprint density at radius 2 is 1.93 bits per heavy atom. The van der Waals surface area contributed by atoms with E-state index in [1.165, 1.54) is 23.5 Å². The molecule has 7 heteroatoms. The van der Waals surface area contributed by atoms with Crippen LogP contribution < -0.4 is 9.88 Å². The fraction of sp³-hybridized carbons (Fsp3) is 0.190. The molecule has 5 nitrogen and oxygen atoms in total. The van der Waals surface area contributed by atoms with E-state index in [-0.39, 0.29) is 30.4 Å². The fourth-order valence-corrected chi connectivity index (χ4v) is 3.73. The molecule has 0 saturated heterocycles. The van der Waals surface area contributed by atoms with E-state index in [4.69, 9.17) is 4.74 Å². The Morgan fingerprint density at radius 3 is 2.61 bits per heavy atom. The second-order valence-electron chi connectivity index (χ2n) is 6.10. The number of aromatic nitrogens is 1. The molecule has 0 radical (unpaired) electrons. The minimum absolute atomic E-state index is 0.124. The standard InChI is InChI=1S/C21H19FN2O3S/c1-3-27-21(26)19-17(15-7-9-16(22)10-8-15)13-28-20(19)23-18(25)12-24-11-5-4-6-14(24)2/h4-11,13H,3,12H2,1-2H3/p+1. The summed E-state index contributed by atoms with van der Waals surface area (Å²) in [6.07, 6.45) is 1.82. The van der Waals surface area contributed by atoms with Gasteiger partial charge in [0.1, 0.15) is 16.4 Å². The Kier molecular flexibility index (Phi) is 6.16. The average molecular weight is 399 g/mol. The summed E-state index contributed by atoms with van der Waals surface area (Å²) in [6.45, 7) is 3.97. The topological polar surface area (TPSA) is 59.3 Å². The largest absolute Gasteiger partial charge is 0.462 e. The minimum atomic E-state index is -0.526. The first-order chi connectivity index (χ1) is 13.5. The molecule has 0 atom stereocenters. The lowest BCUT2D eigenvalue weighted by Crippen LogP contribution is -2.42. The second kappa shape index (κ2) is 8.75. The van der Waals surface area contributed by atoms with Crippen LogP contribution in [0.1, 0.15) is 23.0 Å². The van der Waals surface area contributed by atoms with Gasteiger partial charge in [0, 0.05) is 30.0 Å². The van der Waals surface area contributed by atoms with Crippen LogP contribution >= 0.6 is 11.3 Å². The number of nitrogens with one attached hydrogen (secondary N) is 1.